The molecule has 0 saturated carbocycles. The molecule has 0 aliphatic carbocycles. The number of nitro benzene ring substituents is 1. The third-order valence-corrected chi connectivity index (χ3v) is 3.73. The fourth-order valence-electron chi connectivity index (χ4n) is 2.17. The monoisotopic (exact) mass is 396 g/mol. The first-order valence-corrected chi connectivity index (χ1v) is 8.36. The van der Waals surface area contributed by atoms with Crippen molar-refractivity contribution in [2.45, 2.75) is 13.8 Å². The molecule has 9 heteroatoms. The molecule has 0 radical (unpaired) electrons. The van der Waals surface area contributed by atoms with Crippen molar-refractivity contribution in [2.24, 2.45) is 5.92 Å². The van der Waals surface area contributed by atoms with Crippen LogP contribution in [-0.4, -0.2) is 24.5 Å². The second kappa shape index (κ2) is 8.68. The van der Waals surface area contributed by atoms with Crippen LogP contribution in [0.4, 0.5) is 15.8 Å². The van der Waals surface area contributed by atoms with Gasteiger partial charge >= 0.3 is 5.69 Å². The summed E-state index contributed by atoms with van der Waals surface area (Å²) in [7, 11) is 1.42. The summed E-state index contributed by atoms with van der Waals surface area (Å²) in [5.41, 5.74) is -0.509. The van der Waals surface area contributed by atoms with Gasteiger partial charge in [-0.25, -0.2) is 0 Å². The molecular formula is C18H18ClFN2O5. The number of nitrogens with zero attached hydrogens (tertiary/aromatic N) is 1. The fraction of sp³-hybridized carbons (Fsp3) is 0.278. The van der Waals surface area contributed by atoms with E-state index in [-0.39, 0.29) is 27.9 Å². The number of hydrogen-bond donors (Lipinski definition) is 1. The van der Waals surface area contributed by atoms with Crippen LogP contribution in [0, 0.1) is 21.8 Å². The molecule has 0 aliphatic rings. The topological polar surface area (TPSA) is 90.7 Å². The summed E-state index contributed by atoms with van der Waals surface area (Å²) in [6, 6.07) is 5.90. The van der Waals surface area contributed by atoms with Gasteiger partial charge in [-0.05, 0) is 30.2 Å². The van der Waals surface area contributed by atoms with E-state index in [1.54, 1.807) is 0 Å². The normalized spacial score (nSPS) is 10.6. The second-order valence-electron chi connectivity index (χ2n) is 6.07. The number of halogens is 2. The maximum atomic E-state index is 13.4. The van der Waals surface area contributed by atoms with Crippen LogP contribution in [0.25, 0.3) is 0 Å². The first kappa shape index (κ1) is 20.4. The van der Waals surface area contributed by atoms with Gasteiger partial charge in [0.15, 0.2) is 11.5 Å². The molecule has 0 atom stereocenters. The summed E-state index contributed by atoms with van der Waals surface area (Å²) in [5, 5.41) is 13.5. The molecule has 0 saturated heterocycles. The number of ether oxygens (including phenoxy) is 2. The minimum Gasteiger partial charge on any atom is -0.493 e. The van der Waals surface area contributed by atoms with E-state index < -0.39 is 22.3 Å². The van der Waals surface area contributed by atoms with E-state index in [0.29, 0.717) is 12.4 Å². The van der Waals surface area contributed by atoms with Crippen LogP contribution in [0.15, 0.2) is 30.3 Å². The highest BCUT2D eigenvalue weighted by Crippen LogP contribution is 2.37. The highest BCUT2D eigenvalue weighted by atomic mass is 35.5. The van der Waals surface area contributed by atoms with Gasteiger partial charge in [0.2, 0.25) is 5.82 Å². The van der Waals surface area contributed by atoms with Crippen molar-refractivity contribution in [3.63, 3.8) is 0 Å². The second-order valence-corrected chi connectivity index (χ2v) is 6.48. The van der Waals surface area contributed by atoms with E-state index in [1.807, 2.05) is 13.8 Å². The number of methoxy groups -OCH3 is 1. The molecule has 7 nitrogen and oxygen atoms in total. The number of nitrogens with one attached hydrogen (secondary N) is 1. The van der Waals surface area contributed by atoms with E-state index in [4.69, 9.17) is 21.1 Å². The lowest BCUT2D eigenvalue weighted by Gasteiger charge is -2.15. The van der Waals surface area contributed by atoms with E-state index in [9.17, 15) is 19.3 Å². The van der Waals surface area contributed by atoms with Gasteiger partial charge in [0.05, 0.1) is 23.7 Å². The molecule has 1 amide bonds. The summed E-state index contributed by atoms with van der Waals surface area (Å²) in [5.74, 6) is -0.718. The maximum absolute atomic E-state index is 13.4. The summed E-state index contributed by atoms with van der Waals surface area (Å²) in [6.07, 6.45) is 0. The Balaban J connectivity index is 2.27. The minimum absolute atomic E-state index is 0.0725. The van der Waals surface area contributed by atoms with Gasteiger partial charge < -0.3 is 14.8 Å². The fourth-order valence-corrected chi connectivity index (χ4v) is 2.44. The Labute approximate surface area is 160 Å². The van der Waals surface area contributed by atoms with E-state index in [2.05, 4.69) is 5.32 Å². The molecule has 0 heterocycles. The number of carbonyl (C=O) groups is 1. The minimum atomic E-state index is -0.991. The third kappa shape index (κ3) is 5.07. The van der Waals surface area contributed by atoms with Gasteiger partial charge in [0.1, 0.15) is 0 Å². The Kier molecular flexibility index (Phi) is 6.57. The molecule has 2 aromatic carbocycles. The Hall–Kier alpha value is -2.87. The van der Waals surface area contributed by atoms with Crippen molar-refractivity contribution in [1.29, 1.82) is 0 Å². The quantitative estimate of drug-likeness (QED) is 0.541. The van der Waals surface area contributed by atoms with Crippen LogP contribution < -0.4 is 14.8 Å². The Morgan fingerprint density at radius 3 is 2.63 bits per heavy atom. The molecule has 0 spiro atoms. The zero-order chi connectivity index (χ0) is 20.1. The van der Waals surface area contributed by atoms with Crippen LogP contribution in [0.2, 0.25) is 5.02 Å². The first-order chi connectivity index (χ1) is 12.7. The van der Waals surface area contributed by atoms with Gasteiger partial charge in [-0.3, -0.25) is 14.9 Å². The molecule has 2 rings (SSSR count). The van der Waals surface area contributed by atoms with E-state index >= 15 is 0 Å². The highest BCUT2D eigenvalue weighted by molar-refractivity contribution is 6.32. The number of benzene rings is 2. The van der Waals surface area contributed by atoms with Gasteiger partial charge in [0.25, 0.3) is 5.91 Å². The molecule has 27 heavy (non-hydrogen) atoms. The first-order valence-electron chi connectivity index (χ1n) is 7.98. The van der Waals surface area contributed by atoms with Crippen molar-refractivity contribution in [2.75, 3.05) is 19.0 Å². The predicted octanol–water partition coefficient (Wildman–Crippen LogP) is 4.68. The zero-order valence-electron chi connectivity index (χ0n) is 14.9. The highest BCUT2D eigenvalue weighted by Gasteiger charge is 2.19. The molecule has 144 valence electrons. The third-order valence-electron chi connectivity index (χ3n) is 3.45. The van der Waals surface area contributed by atoms with Crippen molar-refractivity contribution in [1.82, 2.24) is 0 Å². The number of nitro groups is 1. The number of anilines is 1. The average molecular weight is 397 g/mol. The summed E-state index contributed by atoms with van der Waals surface area (Å²) in [6.45, 7) is 4.37. The van der Waals surface area contributed by atoms with Crippen LogP contribution >= 0.6 is 11.6 Å². The van der Waals surface area contributed by atoms with Crippen molar-refractivity contribution >= 4 is 28.9 Å². The Morgan fingerprint density at radius 2 is 2.04 bits per heavy atom. The van der Waals surface area contributed by atoms with Gasteiger partial charge in [0, 0.05) is 17.3 Å². The van der Waals surface area contributed by atoms with Gasteiger partial charge in [-0.15, -0.1) is 0 Å². The zero-order valence-corrected chi connectivity index (χ0v) is 15.7. The molecule has 0 unspecified atom stereocenters. The predicted molar refractivity (Wildman–Crippen MR) is 99.3 cm³/mol. The van der Waals surface area contributed by atoms with Crippen molar-refractivity contribution in [3.05, 3.63) is 56.8 Å². The molecule has 2 aromatic rings. The molecule has 0 fully saturated rings. The van der Waals surface area contributed by atoms with Crippen LogP contribution in [0.3, 0.4) is 0 Å². The van der Waals surface area contributed by atoms with Crippen molar-refractivity contribution < 1.29 is 23.6 Å². The summed E-state index contributed by atoms with van der Waals surface area (Å²) < 4.78 is 24.3. The largest absolute Gasteiger partial charge is 0.493 e. The summed E-state index contributed by atoms with van der Waals surface area (Å²) >= 11 is 6.21. The number of carbonyl (C=O) groups excluding carboxylic acids is 1. The van der Waals surface area contributed by atoms with Crippen LogP contribution in [0.1, 0.15) is 24.2 Å². The molecule has 0 aromatic heterocycles. The smallest absolute Gasteiger partial charge is 0.306 e. The Morgan fingerprint density at radius 1 is 1.33 bits per heavy atom. The lowest BCUT2D eigenvalue weighted by atomic mass is 10.1. The van der Waals surface area contributed by atoms with E-state index in [0.717, 1.165) is 12.1 Å². The molecule has 1 N–H and O–H groups in total. The van der Waals surface area contributed by atoms with Crippen LogP contribution in [0.5, 0.6) is 11.5 Å². The van der Waals surface area contributed by atoms with E-state index in [1.165, 1.54) is 25.3 Å². The van der Waals surface area contributed by atoms with Gasteiger partial charge in [-0.1, -0.05) is 25.4 Å². The number of rotatable bonds is 7. The SMILES string of the molecule is COc1cc(C(=O)Nc2ccc(F)c([N+](=O)[O-])c2)cc(Cl)c1OCC(C)C. The number of amides is 1. The number of hydrogen-bond acceptors (Lipinski definition) is 5. The van der Waals surface area contributed by atoms with Gasteiger partial charge in [-0.2, -0.15) is 4.39 Å². The lowest BCUT2D eigenvalue weighted by Crippen LogP contribution is -2.13. The molecule has 0 bridgehead atoms. The molecule has 0 aliphatic heterocycles. The maximum Gasteiger partial charge on any atom is 0.306 e. The molecular weight excluding hydrogens is 379 g/mol. The summed E-state index contributed by atoms with van der Waals surface area (Å²) in [4.78, 5) is 22.4. The average Bonchev–Trinajstić information content (AvgIpc) is 2.61. The standard InChI is InChI=1S/C18H18ClFN2O5/c1-10(2)9-27-17-13(19)6-11(7-16(17)26-3)18(23)21-12-4-5-14(20)15(8-12)22(24)25/h4-8,10H,9H2,1-3H3,(H,21,23). The van der Waals surface area contributed by atoms with Crippen LogP contribution in [-0.2, 0) is 0 Å². The van der Waals surface area contributed by atoms with Crippen molar-refractivity contribution in [3.8, 4) is 11.5 Å². The Bertz CT molecular complexity index is 873. The lowest BCUT2D eigenvalue weighted by molar-refractivity contribution is -0.387.